The second-order valence-corrected chi connectivity index (χ2v) is 6.79. The molecule has 4 nitrogen and oxygen atoms in total. The molecule has 1 fully saturated rings. The molecule has 1 atom stereocenters. The van der Waals surface area contributed by atoms with Crippen LogP contribution < -0.4 is 5.32 Å². The third-order valence-corrected chi connectivity index (χ3v) is 4.74. The molecule has 0 aromatic heterocycles. The predicted molar refractivity (Wildman–Crippen MR) is 105 cm³/mol. The van der Waals surface area contributed by atoms with Gasteiger partial charge in [-0.3, -0.25) is 9.69 Å². The molecule has 1 unspecified atom stereocenters. The predicted octanol–water partition coefficient (Wildman–Crippen LogP) is 3.68. The lowest BCUT2D eigenvalue weighted by molar-refractivity contribution is -0.116. The Kier molecular flexibility index (Phi) is 6.98. The van der Waals surface area contributed by atoms with Gasteiger partial charge in [0.05, 0.1) is 19.3 Å². The second-order valence-electron chi connectivity index (χ2n) is 6.35. The van der Waals surface area contributed by atoms with Crippen molar-refractivity contribution >= 4 is 23.6 Å². The zero-order valence-corrected chi connectivity index (χ0v) is 15.7. The van der Waals surface area contributed by atoms with Crippen molar-refractivity contribution in [3.8, 4) is 0 Å². The van der Waals surface area contributed by atoms with Gasteiger partial charge in [0.25, 0.3) is 0 Å². The van der Waals surface area contributed by atoms with Gasteiger partial charge in [0.1, 0.15) is 5.82 Å². The van der Waals surface area contributed by atoms with E-state index in [0.717, 1.165) is 18.7 Å². The van der Waals surface area contributed by atoms with Gasteiger partial charge in [0, 0.05) is 30.7 Å². The number of benzene rings is 2. The summed E-state index contributed by atoms with van der Waals surface area (Å²) in [4.78, 5) is 14.5. The highest BCUT2D eigenvalue weighted by Gasteiger charge is 2.22. The van der Waals surface area contributed by atoms with Crippen molar-refractivity contribution in [1.29, 1.82) is 0 Å². The minimum absolute atomic E-state index is 0.0395. The summed E-state index contributed by atoms with van der Waals surface area (Å²) >= 11 is 6.00. The Morgan fingerprint density at radius 3 is 2.67 bits per heavy atom. The Morgan fingerprint density at radius 2 is 1.96 bits per heavy atom. The third kappa shape index (κ3) is 5.89. The first-order valence-electron chi connectivity index (χ1n) is 8.90. The third-order valence-electron chi connectivity index (χ3n) is 4.49. The lowest BCUT2D eigenvalue weighted by Gasteiger charge is -2.34. The average Bonchev–Trinajstić information content (AvgIpc) is 2.69. The van der Waals surface area contributed by atoms with Crippen molar-refractivity contribution in [2.45, 2.75) is 6.04 Å². The quantitative estimate of drug-likeness (QED) is 0.767. The maximum Gasteiger partial charge on any atom is 0.244 e. The summed E-state index contributed by atoms with van der Waals surface area (Å²) in [5, 5.41) is 3.63. The van der Waals surface area contributed by atoms with Gasteiger partial charge in [-0.15, -0.1) is 0 Å². The molecule has 1 heterocycles. The van der Waals surface area contributed by atoms with E-state index in [9.17, 15) is 9.18 Å². The summed E-state index contributed by atoms with van der Waals surface area (Å²) in [6.45, 7) is 3.44. The number of nitrogens with zero attached hydrogens (tertiary/aromatic N) is 1. The number of hydrogen-bond acceptors (Lipinski definition) is 3. The topological polar surface area (TPSA) is 41.6 Å². The summed E-state index contributed by atoms with van der Waals surface area (Å²) in [5.74, 6) is -0.542. The van der Waals surface area contributed by atoms with Gasteiger partial charge < -0.3 is 10.1 Å². The first-order chi connectivity index (χ1) is 13.1. The molecule has 1 aliphatic heterocycles. The highest BCUT2D eigenvalue weighted by atomic mass is 35.5. The van der Waals surface area contributed by atoms with Gasteiger partial charge in [-0.05, 0) is 41.5 Å². The Balaban J connectivity index is 1.64. The minimum atomic E-state index is -0.326. The van der Waals surface area contributed by atoms with Crippen molar-refractivity contribution in [3.05, 3.63) is 76.6 Å². The van der Waals surface area contributed by atoms with E-state index in [0.29, 0.717) is 30.3 Å². The van der Waals surface area contributed by atoms with E-state index in [4.69, 9.17) is 16.3 Å². The number of halogens is 2. The molecule has 0 saturated carbocycles. The number of amides is 1. The summed E-state index contributed by atoms with van der Waals surface area (Å²) < 4.78 is 18.6. The summed E-state index contributed by atoms with van der Waals surface area (Å²) in [7, 11) is 0. The van der Waals surface area contributed by atoms with Crippen molar-refractivity contribution in [3.63, 3.8) is 0 Å². The Bertz CT molecular complexity index is 789. The molecule has 0 aliphatic carbocycles. The molecular weight excluding hydrogens is 367 g/mol. The number of carbonyl (C=O) groups is 1. The SMILES string of the molecule is O=C(/C=C/c1cccc(F)c1)NCC(c1ccc(Cl)cc1)N1CCOCC1. The maximum absolute atomic E-state index is 13.2. The smallest absolute Gasteiger partial charge is 0.244 e. The Morgan fingerprint density at radius 1 is 1.22 bits per heavy atom. The normalized spacial score (nSPS) is 16.4. The van der Waals surface area contributed by atoms with Gasteiger partial charge >= 0.3 is 0 Å². The molecule has 27 heavy (non-hydrogen) atoms. The Hall–Kier alpha value is -2.21. The Labute approximate surface area is 163 Å². The fourth-order valence-corrected chi connectivity index (χ4v) is 3.20. The number of ether oxygens (including phenoxy) is 1. The van der Waals surface area contributed by atoms with Crippen molar-refractivity contribution in [2.24, 2.45) is 0 Å². The number of hydrogen-bond donors (Lipinski definition) is 1. The molecule has 142 valence electrons. The largest absolute Gasteiger partial charge is 0.379 e. The monoisotopic (exact) mass is 388 g/mol. The number of morpholine rings is 1. The van der Waals surface area contributed by atoms with Crippen LogP contribution in [0.25, 0.3) is 6.08 Å². The summed E-state index contributed by atoms with van der Waals surface area (Å²) in [6, 6.07) is 13.8. The van der Waals surface area contributed by atoms with Crippen LogP contribution in [0.4, 0.5) is 4.39 Å². The second kappa shape index (κ2) is 9.65. The van der Waals surface area contributed by atoms with Crippen molar-refractivity contribution in [1.82, 2.24) is 10.2 Å². The number of carbonyl (C=O) groups excluding carboxylic acids is 1. The van der Waals surface area contributed by atoms with E-state index in [-0.39, 0.29) is 17.8 Å². The molecule has 1 amide bonds. The van der Waals surface area contributed by atoms with Crippen molar-refractivity contribution < 1.29 is 13.9 Å². The molecule has 1 N–H and O–H groups in total. The zero-order valence-electron chi connectivity index (χ0n) is 14.9. The average molecular weight is 389 g/mol. The lowest BCUT2D eigenvalue weighted by Crippen LogP contribution is -2.43. The summed E-state index contributed by atoms with van der Waals surface area (Å²) in [5.41, 5.74) is 1.74. The standard InChI is InChI=1S/C21H22ClFN2O2/c22-18-7-5-17(6-8-18)20(25-10-12-27-13-11-25)15-24-21(26)9-4-16-2-1-3-19(23)14-16/h1-9,14,20H,10-13,15H2,(H,24,26)/b9-4+. The van der Waals surface area contributed by atoms with E-state index >= 15 is 0 Å². The van der Waals surface area contributed by atoms with Gasteiger partial charge in [0.15, 0.2) is 0 Å². The molecule has 0 bridgehead atoms. The van der Waals surface area contributed by atoms with Crippen LogP contribution in [-0.2, 0) is 9.53 Å². The molecule has 1 aliphatic rings. The van der Waals surface area contributed by atoms with Gasteiger partial charge in [-0.2, -0.15) is 0 Å². The van der Waals surface area contributed by atoms with Crippen LogP contribution in [0.5, 0.6) is 0 Å². The van der Waals surface area contributed by atoms with Gasteiger partial charge in [0.2, 0.25) is 5.91 Å². The molecule has 1 saturated heterocycles. The van der Waals surface area contributed by atoms with Crippen LogP contribution in [-0.4, -0.2) is 43.7 Å². The zero-order chi connectivity index (χ0) is 19.1. The van der Waals surface area contributed by atoms with Crippen LogP contribution in [0, 0.1) is 5.82 Å². The van der Waals surface area contributed by atoms with Crippen LogP contribution >= 0.6 is 11.6 Å². The van der Waals surface area contributed by atoms with Crippen molar-refractivity contribution in [2.75, 3.05) is 32.8 Å². The van der Waals surface area contributed by atoms with Gasteiger partial charge in [-0.1, -0.05) is 35.9 Å². The van der Waals surface area contributed by atoms with E-state index < -0.39 is 0 Å². The molecular formula is C21H22ClFN2O2. The number of nitrogens with one attached hydrogen (secondary N) is 1. The van der Waals surface area contributed by atoms with E-state index in [1.165, 1.54) is 18.2 Å². The molecule has 2 aromatic rings. The van der Waals surface area contributed by atoms with E-state index in [1.807, 2.05) is 24.3 Å². The van der Waals surface area contributed by atoms with Gasteiger partial charge in [-0.25, -0.2) is 4.39 Å². The minimum Gasteiger partial charge on any atom is -0.379 e. The van der Waals surface area contributed by atoms with Crippen LogP contribution in [0.2, 0.25) is 5.02 Å². The molecule has 6 heteroatoms. The molecule has 0 radical (unpaired) electrons. The molecule has 2 aromatic carbocycles. The first-order valence-corrected chi connectivity index (χ1v) is 9.28. The van der Waals surface area contributed by atoms with E-state index in [1.54, 1.807) is 18.2 Å². The maximum atomic E-state index is 13.2. The lowest BCUT2D eigenvalue weighted by atomic mass is 10.0. The highest BCUT2D eigenvalue weighted by molar-refractivity contribution is 6.30. The molecule has 3 rings (SSSR count). The van der Waals surface area contributed by atoms with Crippen LogP contribution in [0.3, 0.4) is 0 Å². The fourth-order valence-electron chi connectivity index (χ4n) is 3.07. The fraction of sp³-hybridized carbons (Fsp3) is 0.286. The molecule has 0 spiro atoms. The first kappa shape index (κ1) is 19.5. The summed E-state index contributed by atoms with van der Waals surface area (Å²) in [6.07, 6.45) is 3.03. The highest BCUT2D eigenvalue weighted by Crippen LogP contribution is 2.23. The van der Waals surface area contributed by atoms with Crippen LogP contribution in [0.1, 0.15) is 17.2 Å². The van der Waals surface area contributed by atoms with Crippen LogP contribution in [0.15, 0.2) is 54.6 Å². The van der Waals surface area contributed by atoms with E-state index in [2.05, 4.69) is 10.2 Å². The number of rotatable bonds is 6.